The molecule has 0 radical (unpaired) electrons. The molecule has 1 aliphatic heterocycles. The topological polar surface area (TPSA) is 87.5 Å². The lowest BCUT2D eigenvalue weighted by molar-refractivity contribution is -0.147. The van der Waals surface area contributed by atoms with Gasteiger partial charge in [0.25, 0.3) is 0 Å². The zero-order valence-electron chi connectivity index (χ0n) is 15.0. The number of amides is 3. The van der Waals surface area contributed by atoms with Crippen LogP contribution in [0.15, 0.2) is 30.5 Å². The number of para-hydroxylation sites is 1. The first kappa shape index (κ1) is 17.9. The standard InChI is InChI=1S/C18H23N5O3/c1-13(24)21-9-10-22(16(12-21)18(26)19-2)17(25)7-8-23-15-6-4-3-5-14(15)11-20-23/h3-6,11,16H,7-10,12H2,1-2H3,(H,19,26). The van der Waals surface area contributed by atoms with E-state index in [2.05, 4.69) is 10.4 Å². The van der Waals surface area contributed by atoms with Crippen LogP contribution in [0.1, 0.15) is 13.3 Å². The molecule has 2 heterocycles. The predicted octanol–water partition coefficient (Wildman–Crippen LogP) is 0.232. The minimum atomic E-state index is -0.653. The van der Waals surface area contributed by atoms with E-state index < -0.39 is 6.04 Å². The van der Waals surface area contributed by atoms with Gasteiger partial charge in [-0.3, -0.25) is 19.1 Å². The van der Waals surface area contributed by atoms with E-state index >= 15 is 0 Å². The maximum Gasteiger partial charge on any atom is 0.244 e. The second kappa shape index (κ2) is 7.55. The summed E-state index contributed by atoms with van der Waals surface area (Å²) in [5.41, 5.74) is 0.976. The second-order valence-electron chi connectivity index (χ2n) is 6.36. The number of aryl methyl sites for hydroxylation is 1. The molecule has 8 heteroatoms. The smallest absolute Gasteiger partial charge is 0.244 e. The van der Waals surface area contributed by atoms with E-state index in [1.807, 2.05) is 24.3 Å². The number of rotatable bonds is 4. The van der Waals surface area contributed by atoms with Crippen molar-refractivity contribution in [1.82, 2.24) is 24.9 Å². The quantitative estimate of drug-likeness (QED) is 0.849. The molecule has 2 aromatic rings. The van der Waals surface area contributed by atoms with Crippen LogP contribution in [0.4, 0.5) is 0 Å². The van der Waals surface area contributed by atoms with Crippen molar-refractivity contribution in [1.29, 1.82) is 0 Å². The van der Waals surface area contributed by atoms with E-state index in [4.69, 9.17) is 0 Å². The van der Waals surface area contributed by atoms with Crippen LogP contribution in [-0.2, 0) is 20.9 Å². The van der Waals surface area contributed by atoms with Crippen LogP contribution >= 0.6 is 0 Å². The lowest BCUT2D eigenvalue weighted by atomic mass is 10.1. The number of nitrogens with one attached hydrogen (secondary N) is 1. The highest BCUT2D eigenvalue weighted by Gasteiger charge is 2.35. The third kappa shape index (κ3) is 3.54. The molecule has 1 N–H and O–H groups in total. The number of nitrogens with zero attached hydrogens (tertiary/aromatic N) is 4. The molecular weight excluding hydrogens is 334 g/mol. The van der Waals surface area contributed by atoms with E-state index in [0.717, 1.165) is 10.9 Å². The average Bonchev–Trinajstić information content (AvgIpc) is 3.08. The fraction of sp³-hybridized carbons (Fsp3) is 0.444. The molecule has 3 amide bonds. The SMILES string of the molecule is CNC(=O)C1CN(C(C)=O)CCN1C(=O)CCn1ncc2ccccc21. The zero-order chi connectivity index (χ0) is 18.7. The number of piperazine rings is 1. The van der Waals surface area contributed by atoms with Crippen LogP contribution in [0, 0.1) is 0 Å². The molecule has 1 fully saturated rings. The van der Waals surface area contributed by atoms with Crippen LogP contribution in [-0.4, -0.2) is 70.0 Å². The lowest BCUT2D eigenvalue weighted by Crippen LogP contribution is -2.61. The predicted molar refractivity (Wildman–Crippen MR) is 96.2 cm³/mol. The highest BCUT2D eigenvalue weighted by molar-refractivity contribution is 5.89. The van der Waals surface area contributed by atoms with Crippen molar-refractivity contribution in [3.8, 4) is 0 Å². The number of hydrogen-bond acceptors (Lipinski definition) is 4. The van der Waals surface area contributed by atoms with Gasteiger partial charge in [0.1, 0.15) is 6.04 Å². The van der Waals surface area contributed by atoms with Crippen molar-refractivity contribution in [2.24, 2.45) is 0 Å². The van der Waals surface area contributed by atoms with E-state index in [1.54, 1.807) is 20.7 Å². The number of benzene rings is 1. The molecular formula is C18H23N5O3. The maximum atomic E-state index is 12.7. The molecule has 138 valence electrons. The molecule has 1 aliphatic rings. The van der Waals surface area contributed by atoms with Gasteiger partial charge in [0, 0.05) is 38.9 Å². The first-order valence-electron chi connectivity index (χ1n) is 8.68. The minimum absolute atomic E-state index is 0.0889. The lowest BCUT2D eigenvalue weighted by Gasteiger charge is -2.40. The Balaban J connectivity index is 1.69. The third-order valence-corrected chi connectivity index (χ3v) is 4.78. The summed E-state index contributed by atoms with van der Waals surface area (Å²) in [5.74, 6) is -0.454. The number of hydrogen-bond donors (Lipinski definition) is 1. The van der Waals surface area contributed by atoms with Gasteiger partial charge in [-0.2, -0.15) is 5.10 Å². The largest absolute Gasteiger partial charge is 0.357 e. The van der Waals surface area contributed by atoms with Crippen molar-refractivity contribution >= 4 is 28.6 Å². The minimum Gasteiger partial charge on any atom is -0.357 e. The molecule has 0 spiro atoms. The highest BCUT2D eigenvalue weighted by atomic mass is 16.2. The zero-order valence-corrected chi connectivity index (χ0v) is 15.0. The Labute approximate surface area is 151 Å². The van der Waals surface area contributed by atoms with Crippen molar-refractivity contribution in [2.75, 3.05) is 26.7 Å². The summed E-state index contributed by atoms with van der Waals surface area (Å²) in [5, 5.41) is 7.94. The van der Waals surface area contributed by atoms with Crippen LogP contribution in [0.25, 0.3) is 10.9 Å². The molecule has 0 aliphatic carbocycles. The van der Waals surface area contributed by atoms with Gasteiger partial charge in [0.2, 0.25) is 17.7 Å². The molecule has 1 unspecified atom stereocenters. The summed E-state index contributed by atoms with van der Waals surface area (Å²) in [6, 6.07) is 7.17. The van der Waals surface area contributed by atoms with Gasteiger partial charge >= 0.3 is 0 Å². The van der Waals surface area contributed by atoms with Crippen molar-refractivity contribution in [3.63, 3.8) is 0 Å². The third-order valence-electron chi connectivity index (χ3n) is 4.78. The monoisotopic (exact) mass is 357 g/mol. The summed E-state index contributed by atoms with van der Waals surface area (Å²) in [4.78, 5) is 39.7. The highest BCUT2D eigenvalue weighted by Crippen LogP contribution is 2.15. The number of aromatic nitrogens is 2. The molecule has 1 saturated heterocycles. The van der Waals surface area contributed by atoms with Gasteiger partial charge in [-0.25, -0.2) is 0 Å². The van der Waals surface area contributed by atoms with Gasteiger partial charge in [0.05, 0.1) is 24.8 Å². The fourth-order valence-electron chi connectivity index (χ4n) is 3.31. The molecule has 1 aromatic carbocycles. The molecule has 26 heavy (non-hydrogen) atoms. The van der Waals surface area contributed by atoms with Crippen molar-refractivity contribution < 1.29 is 14.4 Å². The van der Waals surface area contributed by atoms with Crippen LogP contribution in [0.5, 0.6) is 0 Å². The average molecular weight is 357 g/mol. The summed E-state index contributed by atoms with van der Waals surface area (Å²) >= 11 is 0. The molecule has 1 aromatic heterocycles. The maximum absolute atomic E-state index is 12.7. The molecule has 1 atom stereocenters. The first-order valence-corrected chi connectivity index (χ1v) is 8.68. The van der Waals surface area contributed by atoms with Gasteiger partial charge in [-0.1, -0.05) is 18.2 Å². The molecule has 0 bridgehead atoms. The Morgan fingerprint density at radius 3 is 2.73 bits per heavy atom. The summed E-state index contributed by atoms with van der Waals surface area (Å²) in [6.07, 6.45) is 2.03. The van der Waals surface area contributed by atoms with Gasteiger partial charge in [0.15, 0.2) is 0 Å². The second-order valence-corrected chi connectivity index (χ2v) is 6.36. The Bertz CT molecular complexity index is 831. The number of carbonyl (C=O) groups is 3. The van der Waals surface area contributed by atoms with E-state index in [0.29, 0.717) is 19.6 Å². The van der Waals surface area contributed by atoms with E-state index in [9.17, 15) is 14.4 Å². The van der Waals surface area contributed by atoms with E-state index in [-0.39, 0.29) is 30.7 Å². The van der Waals surface area contributed by atoms with Crippen molar-refractivity contribution in [3.05, 3.63) is 30.5 Å². The number of carbonyl (C=O) groups excluding carboxylic acids is 3. The van der Waals surface area contributed by atoms with E-state index in [1.165, 1.54) is 14.0 Å². The summed E-state index contributed by atoms with van der Waals surface area (Å²) in [6.45, 7) is 2.95. The normalized spacial score (nSPS) is 17.4. The van der Waals surface area contributed by atoms with Gasteiger partial charge < -0.3 is 15.1 Å². The summed E-state index contributed by atoms with van der Waals surface area (Å²) < 4.78 is 1.80. The number of fused-ring (bicyclic) bond motifs is 1. The van der Waals surface area contributed by atoms with Crippen molar-refractivity contribution in [2.45, 2.75) is 25.9 Å². The number of likely N-dealkylation sites (N-methyl/N-ethyl adjacent to an activating group) is 1. The van der Waals surface area contributed by atoms with Gasteiger partial charge in [-0.05, 0) is 6.07 Å². The first-order chi connectivity index (χ1) is 12.5. The fourth-order valence-corrected chi connectivity index (χ4v) is 3.31. The Kier molecular flexibility index (Phi) is 5.20. The summed E-state index contributed by atoms with van der Waals surface area (Å²) in [7, 11) is 1.54. The Morgan fingerprint density at radius 1 is 1.23 bits per heavy atom. The van der Waals surface area contributed by atoms with Crippen LogP contribution in [0.2, 0.25) is 0 Å². The van der Waals surface area contributed by atoms with Crippen LogP contribution < -0.4 is 5.32 Å². The Morgan fingerprint density at radius 2 is 2.00 bits per heavy atom. The van der Waals surface area contributed by atoms with Crippen LogP contribution in [0.3, 0.4) is 0 Å². The molecule has 8 nitrogen and oxygen atoms in total. The molecule has 3 rings (SSSR count). The Hall–Kier alpha value is -2.90. The van der Waals surface area contributed by atoms with Gasteiger partial charge in [-0.15, -0.1) is 0 Å². The molecule has 0 saturated carbocycles.